The van der Waals surface area contributed by atoms with Crippen LogP contribution in [0.5, 0.6) is 0 Å². The summed E-state index contributed by atoms with van der Waals surface area (Å²) in [5, 5.41) is 0. The van der Waals surface area contributed by atoms with Gasteiger partial charge in [-0.2, -0.15) is 0 Å². The van der Waals surface area contributed by atoms with Gasteiger partial charge in [-0.1, -0.05) is 0 Å². The van der Waals surface area contributed by atoms with Crippen LogP contribution >= 0.6 is 0 Å². The Labute approximate surface area is 106 Å². The summed E-state index contributed by atoms with van der Waals surface area (Å²) in [4.78, 5) is 0. The van der Waals surface area contributed by atoms with E-state index in [1.807, 2.05) is 0 Å². The normalized spacial score (nSPS) is 0. The summed E-state index contributed by atoms with van der Waals surface area (Å²) in [5.74, 6) is 0. The van der Waals surface area contributed by atoms with E-state index in [-0.39, 0.29) is 109 Å². The molecule has 0 aromatic carbocycles. The first-order valence-corrected chi connectivity index (χ1v) is 0. The Balaban J connectivity index is 0. The molecule has 0 spiro atoms. The van der Waals surface area contributed by atoms with Gasteiger partial charge < -0.3 is 5.48 Å². The Morgan fingerprint density at radius 1 is 1.00 bits per heavy atom. The fourth-order valence-electron chi connectivity index (χ4n) is 0. The molecule has 0 saturated heterocycles. The zero-order chi connectivity index (χ0) is 0. The van der Waals surface area contributed by atoms with Gasteiger partial charge in [0.1, 0.15) is 0 Å². The number of rotatable bonds is 0. The van der Waals surface area contributed by atoms with E-state index in [4.69, 9.17) is 0 Å². The minimum atomic E-state index is 0. The van der Waals surface area contributed by atoms with Gasteiger partial charge in [-0.15, -0.1) is 0 Å². The summed E-state index contributed by atoms with van der Waals surface area (Å²) < 4.78 is 0. The molecule has 0 bridgehead atoms. The van der Waals surface area contributed by atoms with Crippen LogP contribution < -0.4 is 0 Å². The van der Waals surface area contributed by atoms with Gasteiger partial charge in [0.15, 0.2) is 0 Å². The predicted molar refractivity (Wildman–Crippen MR) is 26.5 cm³/mol. The first-order valence-electron chi connectivity index (χ1n) is 0. The van der Waals surface area contributed by atoms with Gasteiger partial charge in [-0.25, -0.2) is 0 Å². The SMILES string of the molecule is O.[KH].[MgH2].[NaH]. The van der Waals surface area contributed by atoms with E-state index >= 15 is 0 Å². The maximum atomic E-state index is 0. The van der Waals surface area contributed by atoms with Gasteiger partial charge >= 0.3 is 104 Å². The third kappa shape index (κ3) is 9.03. The molecular formula is H6KMgNaO. The Morgan fingerprint density at radius 3 is 1.00 bits per heavy atom. The molecule has 16 valence electrons. The van der Waals surface area contributed by atoms with Crippen LogP contribution in [0.3, 0.4) is 0 Å². The Hall–Kier alpha value is 3.36. The van der Waals surface area contributed by atoms with Crippen LogP contribution in [-0.4, -0.2) is 109 Å². The first-order chi connectivity index (χ1) is 0. The van der Waals surface area contributed by atoms with Crippen LogP contribution in [0.4, 0.5) is 0 Å². The molecule has 1 nitrogen and oxygen atoms in total. The average molecular weight is 108 g/mol. The molecule has 0 aliphatic heterocycles. The molecule has 4 heteroatoms. The molecule has 0 rings (SSSR count). The summed E-state index contributed by atoms with van der Waals surface area (Å²) in [7, 11) is 0. The van der Waals surface area contributed by atoms with Crippen molar-refractivity contribution in [3.8, 4) is 0 Å². The van der Waals surface area contributed by atoms with Crippen molar-refractivity contribution in [2.24, 2.45) is 0 Å². The molecule has 0 heterocycles. The molecule has 0 aliphatic carbocycles. The van der Waals surface area contributed by atoms with E-state index in [2.05, 4.69) is 0 Å². The third-order valence-electron chi connectivity index (χ3n) is 0. The summed E-state index contributed by atoms with van der Waals surface area (Å²) in [6.45, 7) is 0. The molecular weight excluding hydrogens is 102 g/mol. The van der Waals surface area contributed by atoms with E-state index in [0.717, 1.165) is 0 Å². The van der Waals surface area contributed by atoms with Crippen LogP contribution in [0.25, 0.3) is 0 Å². The van der Waals surface area contributed by atoms with Crippen molar-refractivity contribution in [2.45, 2.75) is 0 Å². The monoisotopic (exact) mass is 108 g/mol. The second-order valence-corrected chi connectivity index (χ2v) is 0. The van der Waals surface area contributed by atoms with Crippen molar-refractivity contribution in [3.05, 3.63) is 0 Å². The molecule has 0 atom stereocenters. The predicted octanol–water partition coefficient (Wildman–Crippen LogP) is -3.04. The molecule has 0 amide bonds. The van der Waals surface area contributed by atoms with Gasteiger partial charge in [0, 0.05) is 0 Å². The average Bonchev–Trinajstić information content (AvgIpc) is 0. The topological polar surface area (TPSA) is 31.5 Å². The Kier molecular flexibility index (Phi) is 107. The second kappa shape index (κ2) is 16.2. The summed E-state index contributed by atoms with van der Waals surface area (Å²) in [6, 6.07) is 0. The van der Waals surface area contributed by atoms with Gasteiger partial charge in [0.05, 0.1) is 0 Å². The Morgan fingerprint density at radius 2 is 1.00 bits per heavy atom. The molecule has 0 radical (unpaired) electrons. The van der Waals surface area contributed by atoms with Gasteiger partial charge in [-0.05, 0) is 0 Å². The molecule has 0 aromatic rings. The number of hydrogen-bond donors (Lipinski definition) is 0. The fraction of sp³-hybridized carbons (Fsp3) is 0. The van der Waals surface area contributed by atoms with Crippen molar-refractivity contribution in [1.29, 1.82) is 0 Å². The van der Waals surface area contributed by atoms with Gasteiger partial charge in [-0.3, -0.25) is 0 Å². The van der Waals surface area contributed by atoms with Crippen LogP contribution in [0.2, 0.25) is 0 Å². The van der Waals surface area contributed by atoms with Crippen molar-refractivity contribution in [3.63, 3.8) is 0 Å². The molecule has 2 N–H and O–H groups in total. The molecule has 4 heavy (non-hydrogen) atoms. The zero-order valence-electron chi connectivity index (χ0n) is 0.500. The van der Waals surface area contributed by atoms with E-state index in [0.29, 0.717) is 0 Å². The first kappa shape index (κ1) is 26.4. The van der Waals surface area contributed by atoms with Crippen LogP contribution in [0, 0.1) is 0 Å². The molecule has 0 fully saturated rings. The second-order valence-electron chi connectivity index (χ2n) is 0. The molecule has 0 aliphatic rings. The number of hydrogen-bond acceptors (Lipinski definition) is 0. The van der Waals surface area contributed by atoms with Gasteiger partial charge in [0.25, 0.3) is 0 Å². The van der Waals surface area contributed by atoms with Crippen molar-refractivity contribution < 1.29 is 5.48 Å². The third-order valence-corrected chi connectivity index (χ3v) is 0. The standard InChI is InChI=1S/K.Mg.Na.H2O.4H/h;;;1H2;;;;. The van der Waals surface area contributed by atoms with Crippen molar-refractivity contribution in [1.82, 2.24) is 0 Å². The molecule has 0 unspecified atom stereocenters. The van der Waals surface area contributed by atoms with E-state index < -0.39 is 0 Å². The quantitative estimate of drug-likeness (QED) is 0.296. The minimum absolute atomic E-state index is 0. The Bertz CT molecular complexity index is 8.00. The van der Waals surface area contributed by atoms with E-state index in [9.17, 15) is 0 Å². The zero-order valence-corrected chi connectivity index (χ0v) is 0.500. The van der Waals surface area contributed by atoms with Crippen molar-refractivity contribution >= 4 is 104 Å². The summed E-state index contributed by atoms with van der Waals surface area (Å²) in [6.07, 6.45) is 0. The van der Waals surface area contributed by atoms with Crippen LogP contribution in [0.15, 0.2) is 0 Å². The van der Waals surface area contributed by atoms with Crippen LogP contribution in [-0.2, 0) is 0 Å². The van der Waals surface area contributed by atoms with E-state index in [1.54, 1.807) is 0 Å². The fourth-order valence-corrected chi connectivity index (χ4v) is 0. The molecule has 0 saturated carbocycles. The maximum absolute atomic E-state index is 0. The summed E-state index contributed by atoms with van der Waals surface area (Å²) >= 11 is 0. The van der Waals surface area contributed by atoms with Gasteiger partial charge in [0.2, 0.25) is 0 Å². The van der Waals surface area contributed by atoms with Crippen LogP contribution in [0.1, 0.15) is 0 Å². The van der Waals surface area contributed by atoms with E-state index in [1.165, 1.54) is 0 Å². The van der Waals surface area contributed by atoms with Crippen molar-refractivity contribution in [2.75, 3.05) is 0 Å². The summed E-state index contributed by atoms with van der Waals surface area (Å²) in [5.41, 5.74) is 0. The molecule has 0 aromatic heterocycles.